The van der Waals surface area contributed by atoms with Crippen LogP contribution in [0.4, 0.5) is 0 Å². The number of aromatic amines is 1. The van der Waals surface area contributed by atoms with Gasteiger partial charge in [0, 0.05) is 11.6 Å². The van der Waals surface area contributed by atoms with E-state index in [9.17, 15) is 4.79 Å². The molecular weight excluding hydrogens is 262 g/mol. The maximum Gasteiger partial charge on any atom is 0.341 e. The zero-order valence-electron chi connectivity index (χ0n) is 10.9. The number of rotatable bonds is 4. The van der Waals surface area contributed by atoms with Crippen LogP contribution < -0.4 is 4.74 Å². The van der Waals surface area contributed by atoms with Crippen LogP contribution in [0, 0.1) is 4.51 Å². The van der Waals surface area contributed by atoms with E-state index in [1.54, 1.807) is 13.1 Å². The van der Waals surface area contributed by atoms with Crippen LogP contribution in [0.1, 0.15) is 24.2 Å². The summed E-state index contributed by atoms with van der Waals surface area (Å²) in [6.07, 6.45) is 1.57. The van der Waals surface area contributed by atoms with E-state index < -0.39 is 5.97 Å². The first kappa shape index (κ1) is 13.5. The number of hydrogen-bond acceptors (Lipinski definition) is 4. The second-order valence-electron chi connectivity index (χ2n) is 3.86. The molecule has 0 aliphatic rings. The molecule has 0 atom stereocenters. The summed E-state index contributed by atoms with van der Waals surface area (Å²) >= 11 is 5.35. The van der Waals surface area contributed by atoms with Crippen molar-refractivity contribution < 1.29 is 14.3 Å². The first-order valence-corrected chi connectivity index (χ1v) is 6.54. The van der Waals surface area contributed by atoms with Crippen LogP contribution in [-0.2, 0) is 4.74 Å². The van der Waals surface area contributed by atoms with Gasteiger partial charge in [-0.25, -0.2) is 4.79 Å². The van der Waals surface area contributed by atoms with Crippen molar-refractivity contribution in [3.05, 3.63) is 34.5 Å². The third kappa shape index (κ3) is 2.61. The highest BCUT2D eigenvalue weighted by molar-refractivity contribution is 7.71. The zero-order valence-corrected chi connectivity index (χ0v) is 11.7. The number of pyridine rings is 1. The van der Waals surface area contributed by atoms with Gasteiger partial charge in [-0.3, -0.25) is 0 Å². The summed E-state index contributed by atoms with van der Waals surface area (Å²) in [5.41, 5.74) is 1.17. The van der Waals surface area contributed by atoms with Crippen LogP contribution in [0.15, 0.2) is 24.4 Å². The maximum atomic E-state index is 11.8. The molecule has 100 valence electrons. The molecule has 19 heavy (non-hydrogen) atoms. The van der Waals surface area contributed by atoms with Crippen molar-refractivity contribution in [2.24, 2.45) is 0 Å². The molecule has 0 saturated carbocycles. The highest BCUT2D eigenvalue weighted by atomic mass is 32.1. The molecule has 0 aliphatic heterocycles. The lowest BCUT2D eigenvalue weighted by Crippen LogP contribution is -2.06. The normalized spacial score (nSPS) is 10.4. The van der Waals surface area contributed by atoms with Gasteiger partial charge < -0.3 is 14.5 Å². The largest absolute Gasteiger partial charge is 0.492 e. The Morgan fingerprint density at radius 1 is 1.32 bits per heavy atom. The zero-order chi connectivity index (χ0) is 13.8. The number of aromatic nitrogens is 1. The second-order valence-corrected chi connectivity index (χ2v) is 4.27. The minimum Gasteiger partial charge on any atom is -0.492 e. The Morgan fingerprint density at radius 2 is 2.11 bits per heavy atom. The van der Waals surface area contributed by atoms with Crippen molar-refractivity contribution in [1.29, 1.82) is 0 Å². The molecule has 1 N–H and O–H groups in total. The predicted octanol–water partition coefficient (Wildman–Crippen LogP) is 3.47. The average Bonchev–Trinajstić information content (AvgIpc) is 2.40. The minimum absolute atomic E-state index is 0.324. The SMILES string of the molecule is CCOC(=O)c1c[nH]c2c(OCC)cccc2c1=S. The summed E-state index contributed by atoms with van der Waals surface area (Å²) in [6, 6.07) is 5.58. The number of ether oxygens (including phenoxy) is 2. The monoisotopic (exact) mass is 277 g/mol. The van der Waals surface area contributed by atoms with Gasteiger partial charge in [0.15, 0.2) is 0 Å². The standard InChI is InChI=1S/C14H15NO3S/c1-3-17-11-7-5-6-9-12(11)15-8-10(13(9)19)14(16)18-4-2/h5-8H,3-4H2,1-2H3,(H,15,19). The van der Waals surface area contributed by atoms with Crippen LogP contribution in [0.25, 0.3) is 10.9 Å². The van der Waals surface area contributed by atoms with Crippen molar-refractivity contribution in [2.45, 2.75) is 13.8 Å². The van der Waals surface area contributed by atoms with E-state index in [2.05, 4.69) is 4.98 Å². The first-order chi connectivity index (χ1) is 9.19. The molecule has 1 heterocycles. The molecule has 0 fully saturated rings. The number of carbonyl (C=O) groups excluding carboxylic acids is 1. The number of para-hydroxylation sites is 1. The van der Waals surface area contributed by atoms with Crippen molar-refractivity contribution in [3.63, 3.8) is 0 Å². The number of nitrogens with one attached hydrogen (secondary N) is 1. The van der Waals surface area contributed by atoms with Gasteiger partial charge >= 0.3 is 5.97 Å². The smallest absolute Gasteiger partial charge is 0.341 e. The molecule has 0 radical (unpaired) electrons. The number of fused-ring (bicyclic) bond motifs is 1. The van der Waals surface area contributed by atoms with Crippen LogP contribution in [0.2, 0.25) is 0 Å². The molecule has 0 unspecified atom stereocenters. The fourth-order valence-corrected chi connectivity index (χ4v) is 2.17. The molecule has 1 aromatic carbocycles. The van der Waals surface area contributed by atoms with Gasteiger partial charge in [0.05, 0.1) is 28.8 Å². The van der Waals surface area contributed by atoms with E-state index in [0.29, 0.717) is 23.3 Å². The molecule has 4 nitrogen and oxygen atoms in total. The van der Waals surface area contributed by atoms with Gasteiger partial charge in [-0.1, -0.05) is 24.4 Å². The molecule has 0 spiro atoms. The van der Waals surface area contributed by atoms with E-state index in [0.717, 1.165) is 16.7 Å². The Kier molecular flexibility index (Phi) is 4.16. The second kappa shape index (κ2) is 5.84. The van der Waals surface area contributed by atoms with E-state index in [1.165, 1.54) is 0 Å². The summed E-state index contributed by atoms with van der Waals surface area (Å²) < 4.78 is 11.0. The van der Waals surface area contributed by atoms with Crippen molar-refractivity contribution in [2.75, 3.05) is 13.2 Å². The number of hydrogen-bond donors (Lipinski definition) is 1. The third-order valence-electron chi connectivity index (χ3n) is 2.67. The maximum absolute atomic E-state index is 11.8. The Balaban J connectivity index is 2.60. The van der Waals surface area contributed by atoms with E-state index >= 15 is 0 Å². The Morgan fingerprint density at radius 3 is 2.79 bits per heavy atom. The fourth-order valence-electron chi connectivity index (χ4n) is 1.86. The predicted molar refractivity (Wildman–Crippen MR) is 76.3 cm³/mol. The van der Waals surface area contributed by atoms with Gasteiger partial charge in [0.1, 0.15) is 5.75 Å². The molecule has 0 saturated heterocycles. The van der Waals surface area contributed by atoms with Crippen LogP contribution in [-0.4, -0.2) is 24.2 Å². The molecule has 0 amide bonds. The van der Waals surface area contributed by atoms with E-state index in [4.69, 9.17) is 21.7 Å². The highest BCUT2D eigenvalue weighted by Crippen LogP contribution is 2.25. The highest BCUT2D eigenvalue weighted by Gasteiger charge is 2.12. The van der Waals surface area contributed by atoms with E-state index in [-0.39, 0.29) is 0 Å². The van der Waals surface area contributed by atoms with Crippen LogP contribution in [0.3, 0.4) is 0 Å². The third-order valence-corrected chi connectivity index (χ3v) is 3.11. The summed E-state index contributed by atoms with van der Waals surface area (Å²) in [5, 5.41) is 0.784. The van der Waals surface area contributed by atoms with E-state index in [1.807, 2.05) is 25.1 Å². The van der Waals surface area contributed by atoms with Crippen LogP contribution >= 0.6 is 12.2 Å². The summed E-state index contributed by atoms with van der Waals surface area (Å²) in [7, 11) is 0. The minimum atomic E-state index is -0.410. The first-order valence-electron chi connectivity index (χ1n) is 6.13. The van der Waals surface area contributed by atoms with Crippen LogP contribution in [0.5, 0.6) is 5.75 Å². The quantitative estimate of drug-likeness (QED) is 0.686. The topological polar surface area (TPSA) is 51.3 Å². The number of H-pyrrole nitrogens is 1. The van der Waals surface area contributed by atoms with Gasteiger partial charge in [-0.15, -0.1) is 0 Å². The lowest BCUT2D eigenvalue weighted by Gasteiger charge is -2.09. The Hall–Kier alpha value is -1.88. The van der Waals surface area contributed by atoms with Crippen molar-refractivity contribution in [1.82, 2.24) is 4.98 Å². The lowest BCUT2D eigenvalue weighted by atomic mass is 10.1. The Labute approximate surface area is 116 Å². The molecule has 0 aliphatic carbocycles. The molecule has 1 aromatic heterocycles. The average molecular weight is 277 g/mol. The van der Waals surface area contributed by atoms with Gasteiger partial charge in [0.25, 0.3) is 0 Å². The van der Waals surface area contributed by atoms with Gasteiger partial charge in [-0.05, 0) is 19.9 Å². The Bertz CT molecular complexity index is 663. The number of benzene rings is 1. The molecule has 5 heteroatoms. The molecule has 0 bridgehead atoms. The molecule has 2 rings (SSSR count). The summed E-state index contributed by atoms with van der Waals surface area (Å²) in [5.74, 6) is 0.314. The summed E-state index contributed by atoms with van der Waals surface area (Å²) in [6.45, 7) is 4.57. The fraction of sp³-hybridized carbons (Fsp3) is 0.286. The van der Waals surface area contributed by atoms with Crippen molar-refractivity contribution >= 4 is 29.1 Å². The summed E-state index contributed by atoms with van der Waals surface area (Å²) in [4.78, 5) is 14.8. The lowest BCUT2D eigenvalue weighted by molar-refractivity contribution is 0.0525. The van der Waals surface area contributed by atoms with Crippen molar-refractivity contribution in [3.8, 4) is 5.75 Å². The molecule has 2 aromatic rings. The van der Waals surface area contributed by atoms with Gasteiger partial charge in [-0.2, -0.15) is 0 Å². The molecular formula is C14H15NO3S. The van der Waals surface area contributed by atoms with Gasteiger partial charge in [0.2, 0.25) is 0 Å². The number of esters is 1. The number of carbonyl (C=O) groups is 1.